The highest BCUT2D eigenvalue weighted by molar-refractivity contribution is 7.99. The number of nitrogens with two attached hydrogens (primary N) is 1. The van der Waals surface area contributed by atoms with Gasteiger partial charge in [-0.25, -0.2) is 8.78 Å². The SMILES string of the molecule is CC(C)(C)[C@H](c1cc(-c2cc(F)ccc2F)cn1Cc1ccccc1)N(CCCN)C(=O)CSCCC(=O)NCCN1C(=O)C=CC1=O.CC(F)(F)F. The van der Waals surface area contributed by atoms with Crippen LogP contribution in [0.4, 0.5) is 22.0 Å². The molecule has 288 valence electrons. The quantitative estimate of drug-likeness (QED) is 0.0981. The summed E-state index contributed by atoms with van der Waals surface area (Å²) >= 11 is 1.34. The van der Waals surface area contributed by atoms with Gasteiger partial charge in [0.15, 0.2) is 0 Å². The molecule has 0 fully saturated rings. The summed E-state index contributed by atoms with van der Waals surface area (Å²) in [5.41, 5.74) is 7.88. The number of thioether (sulfide) groups is 1. The third-order valence-electron chi connectivity index (χ3n) is 7.96. The lowest BCUT2D eigenvalue weighted by Gasteiger charge is -2.41. The minimum Gasteiger partial charge on any atom is -0.354 e. The van der Waals surface area contributed by atoms with E-state index in [4.69, 9.17) is 5.73 Å². The largest absolute Gasteiger partial charge is 0.386 e. The van der Waals surface area contributed by atoms with E-state index in [1.165, 1.54) is 30.0 Å². The van der Waals surface area contributed by atoms with Gasteiger partial charge in [0.25, 0.3) is 11.8 Å². The molecule has 0 bridgehead atoms. The molecule has 0 radical (unpaired) electrons. The number of aromatic nitrogens is 1. The van der Waals surface area contributed by atoms with E-state index in [1.807, 2.05) is 72.8 Å². The number of alkyl halides is 3. The van der Waals surface area contributed by atoms with Gasteiger partial charge in [0.05, 0.1) is 11.8 Å². The van der Waals surface area contributed by atoms with Crippen LogP contribution < -0.4 is 11.1 Å². The van der Waals surface area contributed by atoms with Crippen LogP contribution in [-0.2, 0) is 25.7 Å². The third kappa shape index (κ3) is 13.8. The Bertz CT molecular complexity index is 1720. The lowest BCUT2D eigenvalue weighted by molar-refractivity contribution is -0.137. The average Bonchev–Trinajstić information content (AvgIpc) is 3.62. The fraction of sp³-hybridized carbons (Fsp3) is 0.421. The van der Waals surface area contributed by atoms with Gasteiger partial charge in [-0.1, -0.05) is 51.1 Å². The molecule has 1 aliphatic heterocycles. The molecule has 1 aliphatic rings. The van der Waals surface area contributed by atoms with Crippen molar-refractivity contribution in [1.29, 1.82) is 0 Å². The molecule has 0 aliphatic carbocycles. The second kappa shape index (κ2) is 19.5. The van der Waals surface area contributed by atoms with Crippen molar-refractivity contribution in [2.45, 2.75) is 59.3 Å². The molecule has 9 nitrogen and oxygen atoms in total. The number of carbonyl (C=O) groups excluding carboxylic acids is 4. The van der Waals surface area contributed by atoms with Gasteiger partial charge in [-0.2, -0.15) is 24.9 Å². The molecule has 2 aromatic carbocycles. The summed E-state index contributed by atoms with van der Waals surface area (Å²) in [6.45, 7) is 7.77. The predicted octanol–water partition coefficient (Wildman–Crippen LogP) is 6.48. The van der Waals surface area contributed by atoms with Crippen molar-refractivity contribution in [3.05, 3.63) is 95.8 Å². The zero-order valence-electron chi connectivity index (χ0n) is 30.2. The lowest BCUT2D eigenvalue weighted by atomic mass is 9.83. The van der Waals surface area contributed by atoms with Crippen LogP contribution in [0.1, 0.15) is 57.8 Å². The van der Waals surface area contributed by atoms with Crippen LogP contribution >= 0.6 is 11.8 Å². The summed E-state index contributed by atoms with van der Waals surface area (Å²) in [6.07, 6.45) is 0.925. The fourth-order valence-corrected chi connectivity index (χ4v) is 6.54. The van der Waals surface area contributed by atoms with Crippen LogP contribution in [0.2, 0.25) is 0 Å². The van der Waals surface area contributed by atoms with Gasteiger partial charge in [0, 0.05) is 80.4 Å². The number of imide groups is 1. The molecule has 53 heavy (non-hydrogen) atoms. The Kier molecular flexibility index (Phi) is 15.8. The van der Waals surface area contributed by atoms with Crippen LogP contribution in [0.3, 0.4) is 0 Å². The second-order valence-corrected chi connectivity index (χ2v) is 14.6. The summed E-state index contributed by atoms with van der Waals surface area (Å²) in [6, 6.07) is 14.6. The van der Waals surface area contributed by atoms with E-state index in [2.05, 4.69) is 5.32 Å². The van der Waals surface area contributed by atoms with E-state index in [9.17, 15) is 41.1 Å². The monoisotopic (exact) mass is 763 g/mol. The van der Waals surface area contributed by atoms with Crippen molar-refractivity contribution < 1.29 is 41.1 Å². The molecule has 0 saturated heterocycles. The molecule has 4 amide bonds. The van der Waals surface area contributed by atoms with Crippen LogP contribution in [0.5, 0.6) is 0 Å². The molecule has 1 atom stereocenters. The highest BCUT2D eigenvalue weighted by atomic mass is 32.2. The van der Waals surface area contributed by atoms with Gasteiger partial charge < -0.3 is 20.5 Å². The molecule has 2 heterocycles. The number of hydrogen-bond acceptors (Lipinski definition) is 6. The molecule has 0 spiro atoms. The second-order valence-electron chi connectivity index (χ2n) is 13.5. The first kappa shape index (κ1) is 42.9. The summed E-state index contributed by atoms with van der Waals surface area (Å²) in [7, 11) is 0. The van der Waals surface area contributed by atoms with Gasteiger partial charge in [-0.05, 0) is 48.2 Å². The predicted molar refractivity (Wildman–Crippen MR) is 195 cm³/mol. The number of nitrogens with zero attached hydrogens (tertiary/aromatic N) is 3. The van der Waals surface area contributed by atoms with E-state index in [1.54, 1.807) is 0 Å². The zero-order chi connectivity index (χ0) is 39.3. The van der Waals surface area contributed by atoms with E-state index in [0.717, 1.165) is 28.3 Å². The number of amides is 4. The Hall–Kier alpha value is -4.50. The Morgan fingerprint density at radius 2 is 1.60 bits per heavy atom. The van der Waals surface area contributed by atoms with Gasteiger partial charge in [0.1, 0.15) is 11.6 Å². The lowest BCUT2D eigenvalue weighted by Crippen LogP contribution is -2.44. The molecular weight excluding hydrogens is 718 g/mol. The van der Waals surface area contributed by atoms with Crippen molar-refractivity contribution >= 4 is 35.4 Å². The van der Waals surface area contributed by atoms with Crippen LogP contribution in [-0.4, -0.2) is 81.9 Å². The molecular formula is C38H46F5N5O4S. The van der Waals surface area contributed by atoms with Gasteiger partial charge in [-0.3, -0.25) is 24.1 Å². The van der Waals surface area contributed by atoms with Gasteiger partial charge in [0.2, 0.25) is 11.8 Å². The molecule has 3 N–H and O–H groups in total. The van der Waals surface area contributed by atoms with Gasteiger partial charge in [-0.15, -0.1) is 0 Å². The highest BCUT2D eigenvalue weighted by Crippen LogP contribution is 2.41. The Balaban J connectivity index is 0.00000141. The normalized spacial score (nSPS) is 13.5. The first-order chi connectivity index (χ1) is 24.9. The topological polar surface area (TPSA) is 118 Å². The summed E-state index contributed by atoms with van der Waals surface area (Å²) in [5.74, 6) is -1.75. The van der Waals surface area contributed by atoms with Crippen molar-refractivity contribution in [2.75, 3.05) is 37.7 Å². The van der Waals surface area contributed by atoms with E-state index in [0.29, 0.717) is 37.4 Å². The Morgan fingerprint density at radius 1 is 0.962 bits per heavy atom. The third-order valence-corrected chi connectivity index (χ3v) is 8.90. The molecule has 1 aromatic heterocycles. The van der Waals surface area contributed by atoms with Crippen molar-refractivity contribution in [3.8, 4) is 11.1 Å². The summed E-state index contributed by atoms with van der Waals surface area (Å²) < 4.78 is 62.3. The minimum atomic E-state index is -4.00. The average molecular weight is 764 g/mol. The number of hydrogen-bond donors (Lipinski definition) is 2. The van der Waals surface area contributed by atoms with Crippen LogP contribution in [0, 0.1) is 17.0 Å². The van der Waals surface area contributed by atoms with Crippen molar-refractivity contribution in [1.82, 2.24) is 19.7 Å². The van der Waals surface area contributed by atoms with E-state index < -0.39 is 41.1 Å². The highest BCUT2D eigenvalue weighted by Gasteiger charge is 2.37. The minimum absolute atomic E-state index is 0.0892. The van der Waals surface area contributed by atoms with Gasteiger partial charge >= 0.3 is 6.18 Å². The molecule has 4 rings (SSSR count). The number of rotatable bonds is 16. The standard InChI is InChI=1S/C36H43F2N5O4S.C2H3F3/c1-36(2,3)35(30-20-26(28-21-27(37)10-11-29(28)38)23-41(30)22-25-8-5-4-6-9-25)43(17-7-15-39)34(47)24-48-19-14-31(44)40-16-18-42-32(45)12-13-33(42)46;1-2(3,4)5/h4-6,8-13,20-21,23,35H,7,14-19,22,24,39H2,1-3H3,(H,40,44);1H3/t35-;/m0./s1. The maximum Gasteiger partial charge on any atom is 0.386 e. The number of benzene rings is 2. The fourth-order valence-electron chi connectivity index (χ4n) is 5.73. The maximum absolute atomic E-state index is 15.0. The summed E-state index contributed by atoms with van der Waals surface area (Å²) in [5, 5.41) is 2.71. The van der Waals surface area contributed by atoms with Crippen molar-refractivity contribution in [3.63, 3.8) is 0 Å². The first-order valence-electron chi connectivity index (χ1n) is 17.0. The molecule has 15 heteroatoms. The first-order valence-corrected chi connectivity index (χ1v) is 18.2. The Morgan fingerprint density at radius 3 is 2.21 bits per heavy atom. The smallest absolute Gasteiger partial charge is 0.354 e. The number of nitrogens with one attached hydrogen (secondary N) is 1. The number of carbonyl (C=O) groups is 4. The summed E-state index contributed by atoms with van der Waals surface area (Å²) in [4.78, 5) is 52.6. The molecule has 0 saturated carbocycles. The van der Waals surface area contributed by atoms with Crippen LogP contribution in [0.25, 0.3) is 11.1 Å². The van der Waals surface area contributed by atoms with E-state index in [-0.39, 0.29) is 49.6 Å². The van der Waals surface area contributed by atoms with Crippen LogP contribution in [0.15, 0.2) is 72.9 Å². The molecule has 3 aromatic rings. The zero-order valence-corrected chi connectivity index (χ0v) is 31.0. The molecule has 0 unspecified atom stereocenters. The number of halogens is 5. The Labute approximate surface area is 310 Å². The maximum atomic E-state index is 15.0. The van der Waals surface area contributed by atoms with E-state index >= 15 is 0 Å². The van der Waals surface area contributed by atoms with Crippen molar-refractivity contribution in [2.24, 2.45) is 11.1 Å².